The zero-order valence-electron chi connectivity index (χ0n) is 8.42. The molecule has 0 spiro atoms. The summed E-state index contributed by atoms with van der Waals surface area (Å²) >= 11 is 6.67. The second-order valence-corrected chi connectivity index (χ2v) is 6.75. The van der Waals surface area contributed by atoms with Crippen molar-refractivity contribution in [3.05, 3.63) is 34.9 Å². The van der Waals surface area contributed by atoms with Crippen LogP contribution < -0.4 is 10.5 Å². The second-order valence-electron chi connectivity index (χ2n) is 3.13. The Morgan fingerprint density at radius 1 is 1.35 bits per heavy atom. The van der Waals surface area contributed by atoms with Gasteiger partial charge in [0.15, 0.2) is 0 Å². The number of anilines is 2. The molecule has 2 aromatic rings. The molecule has 0 amide bonds. The van der Waals surface area contributed by atoms with Gasteiger partial charge in [0.1, 0.15) is 4.21 Å². The summed E-state index contributed by atoms with van der Waals surface area (Å²) in [5.41, 5.74) is 6.16. The highest BCUT2D eigenvalue weighted by molar-refractivity contribution is 7.94. The molecule has 0 radical (unpaired) electrons. The van der Waals surface area contributed by atoms with Crippen LogP contribution in [-0.4, -0.2) is 13.4 Å². The van der Waals surface area contributed by atoms with Crippen LogP contribution >= 0.6 is 22.9 Å². The Kier molecular flexibility index (Phi) is 3.23. The van der Waals surface area contributed by atoms with Gasteiger partial charge in [-0.25, -0.2) is 8.42 Å². The van der Waals surface area contributed by atoms with Gasteiger partial charge < -0.3 is 5.73 Å². The molecule has 0 fully saturated rings. The fourth-order valence-electron chi connectivity index (χ4n) is 1.14. The fourth-order valence-corrected chi connectivity index (χ4v) is 3.71. The molecule has 17 heavy (non-hydrogen) atoms. The molecule has 0 aliphatic heterocycles. The second kappa shape index (κ2) is 4.52. The maximum Gasteiger partial charge on any atom is 0.271 e. The minimum Gasteiger partial charge on any atom is -0.396 e. The number of nitrogen functional groups attached to an aromatic ring is 1. The Hall–Kier alpha value is -1.31. The maximum atomic E-state index is 11.9. The van der Waals surface area contributed by atoms with Crippen molar-refractivity contribution < 1.29 is 8.42 Å². The van der Waals surface area contributed by atoms with Gasteiger partial charge in [0.05, 0.1) is 21.9 Å². The van der Waals surface area contributed by atoms with Crippen LogP contribution in [0.15, 0.2) is 34.8 Å². The number of rotatable bonds is 3. The third-order valence-corrected chi connectivity index (χ3v) is 5.00. The van der Waals surface area contributed by atoms with Gasteiger partial charge in [0.25, 0.3) is 10.0 Å². The summed E-state index contributed by atoms with van der Waals surface area (Å²) in [6, 6.07) is 4.45. The summed E-state index contributed by atoms with van der Waals surface area (Å²) in [6.07, 6.45) is 2.83. The predicted octanol–water partition coefficient (Wildman–Crippen LogP) is 2.18. The minimum atomic E-state index is -3.64. The lowest BCUT2D eigenvalue weighted by molar-refractivity contribution is 0.603. The van der Waals surface area contributed by atoms with Crippen molar-refractivity contribution >= 4 is 44.3 Å². The smallest absolute Gasteiger partial charge is 0.271 e. The average Bonchev–Trinajstić information content (AvgIpc) is 2.69. The van der Waals surface area contributed by atoms with Crippen molar-refractivity contribution in [1.29, 1.82) is 0 Å². The molecule has 2 heterocycles. The standard InChI is InChI=1S/C9H8ClN3O2S2/c10-8-1-2-9(16-8)17(14,15)13-7-3-4-12-5-6(7)11/h1-5H,11H2,(H,12,13). The summed E-state index contributed by atoms with van der Waals surface area (Å²) in [6.45, 7) is 0. The molecule has 0 aliphatic rings. The van der Waals surface area contributed by atoms with Crippen LogP contribution in [0.25, 0.3) is 0 Å². The fraction of sp³-hybridized carbons (Fsp3) is 0. The first kappa shape index (κ1) is 12.2. The molecule has 0 atom stereocenters. The molecule has 2 rings (SSSR count). The molecule has 3 N–H and O–H groups in total. The monoisotopic (exact) mass is 289 g/mol. The van der Waals surface area contributed by atoms with E-state index in [-0.39, 0.29) is 9.90 Å². The number of aromatic nitrogens is 1. The zero-order valence-corrected chi connectivity index (χ0v) is 10.8. The van der Waals surface area contributed by atoms with E-state index < -0.39 is 10.0 Å². The van der Waals surface area contributed by atoms with Crippen LogP contribution in [0.5, 0.6) is 0 Å². The Morgan fingerprint density at radius 3 is 2.71 bits per heavy atom. The largest absolute Gasteiger partial charge is 0.396 e. The number of nitrogens with two attached hydrogens (primary N) is 1. The lowest BCUT2D eigenvalue weighted by Crippen LogP contribution is -2.12. The number of pyridine rings is 1. The lowest BCUT2D eigenvalue weighted by Gasteiger charge is -2.07. The molecule has 2 aromatic heterocycles. The SMILES string of the molecule is Nc1cnccc1NS(=O)(=O)c1ccc(Cl)s1. The van der Waals surface area contributed by atoms with E-state index in [1.807, 2.05) is 0 Å². The first-order valence-corrected chi connectivity index (χ1v) is 7.14. The molecule has 8 heteroatoms. The van der Waals surface area contributed by atoms with Gasteiger partial charge in [0, 0.05) is 6.20 Å². The number of nitrogens with zero attached hydrogens (tertiary/aromatic N) is 1. The van der Waals surface area contributed by atoms with Crippen LogP contribution in [0.4, 0.5) is 11.4 Å². The number of nitrogens with one attached hydrogen (secondary N) is 1. The summed E-state index contributed by atoms with van der Waals surface area (Å²) in [5, 5.41) is 0. The van der Waals surface area contributed by atoms with E-state index in [4.69, 9.17) is 17.3 Å². The molecule has 0 aromatic carbocycles. The first-order valence-electron chi connectivity index (χ1n) is 4.47. The first-order chi connectivity index (χ1) is 7.99. The van der Waals surface area contributed by atoms with E-state index in [1.54, 1.807) is 0 Å². The highest BCUT2D eigenvalue weighted by Gasteiger charge is 2.17. The van der Waals surface area contributed by atoms with Crippen LogP contribution in [-0.2, 0) is 10.0 Å². The Morgan fingerprint density at radius 2 is 2.12 bits per heavy atom. The molecule has 5 nitrogen and oxygen atoms in total. The van der Waals surface area contributed by atoms with Gasteiger partial charge in [-0.05, 0) is 18.2 Å². The van der Waals surface area contributed by atoms with Gasteiger partial charge in [-0.15, -0.1) is 11.3 Å². The van der Waals surface area contributed by atoms with E-state index in [2.05, 4.69) is 9.71 Å². The Bertz CT molecular complexity index is 639. The van der Waals surface area contributed by atoms with Crippen LogP contribution in [0.2, 0.25) is 4.34 Å². The number of thiophene rings is 1. The minimum absolute atomic E-state index is 0.138. The van der Waals surface area contributed by atoms with E-state index in [0.29, 0.717) is 10.0 Å². The van der Waals surface area contributed by atoms with Gasteiger partial charge >= 0.3 is 0 Å². The average molecular weight is 290 g/mol. The topological polar surface area (TPSA) is 85.1 Å². The van der Waals surface area contributed by atoms with Crippen molar-refractivity contribution in [3.63, 3.8) is 0 Å². The Labute approximate surface area is 107 Å². The molecule has 0 saturated heterocycles. The maximum absolute atomic E-state index is 11.9. The lowest BCUT2D eigenvalue weighted by atomic mass is 10.4. The number of sulfonamides is 1. The van der Waals surface area contributed by atoms with Gasteiger partial charge in [0.2, 0.25) is 0 Å². The Balaban J connectivity index is 2.33. The van der Waals surface area contributed by atoms with Crippen molar-refractivity contribution in [3.8, 4) is 0 Å². The van der Waals surface area contributed by atoms with E-state index in [1.165, 1.54) is 30.6 Å². The van der Waals surface area contributed by atoms with Crippen molar-refractivity contribution in [2.45, 2.75) is 4.21 Å². The number of hydrogen-bond donors (Lipinski definition) is 2. The summed E-state index contributed by atoms with van der Waals surface area (Å²) in [5.74, 6) is 0. The van der Waals surface area contributed by atoms with E-state index >= 15 is 0 Å². The van der Waals surface area contributed by atoms with Gasteiger partial charge in [-0.3, -0.25) is 9.71 Å². The van der Waals surface area contributed by atoms with Crippen LogP contribution in [0, 0.1) is 0 Å². The predicted molar refractivity (Wildman–Crippen MR) is 68.8 cm³/mol. The zero-order chi connectivity index (χ0) is 12.5. The summed E-state index contributed by atoms with van der Waals surface area (Å²) < 4.78 is 26.8. The quantitative estimate of drug-likeness (QED) is 0.907. The molecule has 0 bridgehead atoms. The van der Waals surface area contributed by atoms with E-state index in [0.717, 1.165) is 11.3 Å². The summed E-state index contributed by atoms with van der Waals surface area (Å²) in [4.78, 5) is 3.77. The summed E-state index contributed by atoms with van der Waals surface area (Å²) in [7, 11) is -3.64. The van der Waals surface area contributed by atoms with Crippen LogP contribution in [0.1, 0.15) is 0 Å². The van der Waals surface area contributed by atoms with Gasteiger partial charge in [-0.1, -0.05) is 11.6 Å². The third-order valence-electron chi connectivity index (χ3n) is 1.91. The molecule has 0 saturated carbocycles. The highest BCUT2D eigenvalue weighted by Crippen LogP contribution is 2.28. The highest BCUT2D eigenvalue weighted by atomic mass is 35.5. The molecule has 90 valence electrons. The molecular weight excluding hydrogens is 282 g/mol. The molecular formula is C9H8ClN3O2S2. The van der Waals surface area contributed by atoms with E-state index in [9.17, 15) is 8.42 Å². The third kappa shape index (κ3) is 2.68. The molecule has 0 aliphatic carbocycles. The van der Waals surface area contributed by atoms with Crippen molar-refractivity contribution in [1.82, 2.24) is 4.98 Å². The van der Waals surface area contributed by atoms with Crippen LogP contribution in [0.3, 0.4) is 0 Å². The van der Waals surface area contributed by atoms with Gasteiger partial charge in [-0.2, -0.15) is 0 Å². The molecule has 0 unspecified atom stereocenters. The van der Waals surface area contributed by atoms with Crippen molar-refractivity contribution in [2.24, 2.45) is 0 Å². The number of halogens is 1. The number of hydrogen-bond acceptors (Lipinski definition) is 5. The van der Waals surface area contributed by atoms with Crippen molar-refractivity contribution in [2.75, 3.05) is 10.5 Å². The normalized spacial score (nSPS) is 11.4.